The summed E-state index contributed by atoms with van der Waals surface area (Å²) in [6.45, 7) is 4.64. The monoisotopic (exact) mass is 229 g/mol. The molecule has 5 heteroatoms. The topological polar surface area (TPSA) is 62.4 Å². The van der Waals surface area contributed by atoms with Gasteiger partial charge in [0.1, 0.15) is 11.0 Å². The van der Waals surface area contributed by atoms with Gasteiger partial charge in [0, 0.05) is 24.3 Å². The molecule has 0 radical (unpaired) electrons. The Morgan fingerprint density at radius 3 is 2.67 bits per heavy atom. The largest absolute Gasteiger partial charge is 0.399 e. The zero-order valence-electron chi connectivity index (χ0n) is 8.94. The average molecular weight is 230 g/mol. The Hall–Kier alpha value is -1.00. The van der Waals surface area contributed by atoms with Gasteiger partial charge in [0.2, 0.25) is 0 Å². The Bertz CT molecular complexity index is 310. The zero-order chi connectivity index (χ0) is 11.4. The van der Waals surface area contributed by atoms with Gasteiger partial charge >= 0.3 is 0 Å². The van der Waals surface area contributed by atoms with Crippen molar-refractivity contribution in [3.8, 4) is 0 Å². The number of anilines is 2. The average Bonchev–Trinajstić information content (AvgIpc) is 2.11. The van der Waals surface area contributed by atoms with Crippen molar-refractivity contribution in [2.24, 2.45) is 0 Å². The highest BCUT2D eigenvalue weighted by Crippen LogP contribution is 2.20. The summed E-state index contributed by atoms with van der Waals surface area (Å²) in [7, 11) is 0. The number of halogens is 1. The van der Waals surface area contributed by atoms with Gasteiger partial charge in [-0.3, -0.25) is 0 Å². The van der Waals surface area contributed by atoms with Crippen molar-refractivity contribution < 1.29 is 5.11 Å². The van der Waals surface area contributed by atoms with Gasteiger partial charge in [-0.05, 0) is 19.9 Å². The minimum Gasteiger partial charge on any atom is -0.399 e. The molecule has 1 rings (SSSR count). The molecule has 1 heterocycles. The van der Waals surface area contributed by atoms with Gasteiger partial charge in [0.25, 0.3) is 0 Å². The summed E-state index contributed by atoms with van der Waals surface area (Å²) in [5, 5.41) is 9.32. The lowest BCUT2D eigenvalue weighted by Gasteiger charge is -2.27. The Morgan fingerprint density at radius 2 is 2.20 bits per heavy atom. The highest BCUT2D eigenvalue weighted by Gasteiger charge is 2.12. The van der Waals surface area contributed by atoms with Gasteiger partial charge in [0.05, 0.1) is 6.61 Å². The molecule has 4 nitrogen and oxygen atoms in total. The van der Waals surface area contributed by atoms with Crippen LogP contribution in [0.15, 0.2) is 12.1 Å². The van der Waals surface area contributed by atoms with E-state index in [-0.39, 0.29) is 12.6 Å². The number of nitrogen functional groups attached to an aromatic ring is 1. The lowest BCUT2D eigenvalue weighted by molar-refractivity contribution is 0.298. The van der Waals surface area contributed by atoms with Gasteiger partial charge < -0.3 is 15.7 Å². The highest BCUT2D eigenvalue weighted by atomic mass is 35.5. The number of aliphatic hydroxyl groups excluding tert-OH is 1. The molecule has 0 saturated carbocycles. The van der Waals surface area contributed by atoms with Crippen LogP contribution >= 0.6 is 11.6 Å². The van der Waals surface area contributed by atoms with Crippen molar-refractivity contribution >= 4 is 23.1 Å². The van der Waals surface area contributed by atoms with E-state index in [9.17, 15) is 0 Å². The first-order valence-electron chi connectivity index (χ1n) is 4.85. The first-order chi connectivity index (χ1) is 7.04. The van der Waals surface area contributed by atoms with Gasteiger partial charge in [-0.1, -0.05) is 11.6 Å². The molecule has 0 saturated heterocycles. The molecule has 1 aromatic rings. The molecule has 0 atom stereocenters. The van der Waals surface area contributed by atoms with Gasteiger partial charge in [-0.2, -0.15) is 0 Å². The van der Waals surface area contributed by atoms with Crippen LogP contribution in [-0.4, -0.2) is 29.3 Å². The predicted octanol–water partition coefficient (Wildman–Crippen LogP) is 1.52. The second-order valence-corrected chi connectivity index (χ2v) is 3.98. The number of nitrogens with zero attached hydrogens (tertiary/aromatic N) is 2. The number of aromatic nitrogens is 1. The predicted molar refractivity (Wildman–Crippen MR) is 63.2 cm³/mol. The fourth-order valence-corrected chi connectivity index (χ4v) is 1.61. The van der Waals surface area contributed by atoms with Crippen LogP contribution in [0.3, 0.4) is 0 Å². The fourth-order valence-electron chi connectivity index (χ4n) is 1.39. The molecule has 0 aliphatic heterocycles. The lowest BCUT2D eigenvalue weighted by atomic mass is 10.3. The normalized spacial score (nSPS) is 10.7. The summed E-state index contributed by atoms with van der Waals surface area (Å²) < 4.78 is 0. The first kappa shape index (κ1) is 12.1. The zero-order valence-corrected chi connectivity index (χ0v) is 9.70. The molecule has 3 N–H and O–H groups in total. The van der Waals surface area contributed by atoms with Crippen molar-refractivity contribution in [1.82, 2.24) is 4.98 Å². The van der Waals surface area contributed by atoms with Crippen LogP contribution in [0.5, 0.6) is 0 Å². The van der Waals surface area contributed by atoms with E-state index in [0.29, 0.717) is 23.2 Å². The maximum Gasteiger partial charge on any atom is 0.133 e. The van der Waals surface area contributed by atoms with Crippen LogP contribution in [0.25, 0.3) is 0 Å². The summed E-state index contributed by atoms with van der Waals surface area (Å²) in [4.78, 5) is 6.12. The van der Waals surface area contributed by atoms with E-state index in [4.69, 9.17) is 22.4 Å². The minimum atomic E-state index is 0.0757. The van der Waals surface area contributed by atoms with Crippen LogP contribution in [0.4, 0.5) is 11.5 Å². The minimum absolute atomic E-state index is 0.0757. The first-order valence-corrected chi connectivity index (χ1v) is 5.23. The van der Waals surface area contributed by atoms with Crippen molar-refractivity contribution in [2.45, 2.75) is 19.9 Å². The maximum absolute atomic E-state index is 8.95. The summed E-state index contributed by atoms with van der Waals surface area (Å²) in [5.74, 6) is 0.698. The van der Waals surface area contributed by atoms with Crippen LogP contribution in [-0.2, 0) is 0 Å². The van der Waals surface area contributed by atoms with Gasteiger partial charge in [0.15, 0.2) is 0 Å². The lowest BCUT2D eigenvalue weighted by Crippen LogP contribution is -2.34. The SMILES string of the molecule is CC(C)N(CCO)c1cc(N)cc(Cl)n1. The fraction of sp³-hybridized carbons (Fsp3) is 0.500. The summed E-state index contributed by atoms with van der Waals surface area (Å²) in [5.41, 5.74) is 6.26. The quantitative estimate of drug-likeness (QED) is 0.769. The molecule has 0 aliphatic carbocycles. The summed E-state index contributed by atoms with van der Waals surface area (Å²) >= 11 is 5.82. The third-order valence-corrected chi connectivity index (χ3v) is 2.26. The van der Waals surface area contributed by atoms with E-state index < -0.39 is 0 Å². The Morgan fingerprint density at radius 1 is 1.53 bits per heavy atom. The standard InChI is InChI=1S/C10H16ClN3O/c1-7(2)14(3-4-15)10-6-8(12)5-9(11)13-10/h5-7,15H,3-4H2,1-2H3,(H2,12,13). The molecule has 0 aromatic carbocycles. The van der Waals surface area contributed by atoms with E-state index in [0.717, 1.165) is 0 Å². The maximum atomic E-state index is 8.95. The molecule has 0 spiro atoms. The Labute approximate surface area is 94.7 Å². The van der Waals surface area contributed by atoms with E-state index in [1.54, 1.807) is 12.1 Å². The van der Waals surface area contributed by atoms with Crippen molar-refractivity contribution in [3.63, 3.8) is 0 Å². The molecule has 0 fully saturated rings. The third-order valence-electron chi connectivity index (χ3n) is 2.06. The Kier molecular flexibility index (Phi) is 4.17. The van der Waals surface area contributed by atoms with Crippen LogP contribution in [0.2, 0.25) is 5.15 Å². The van der Waals surface area contributed by atoms with E-state index >= 15 is 0 Å². The second kappa shape index (κ2) is 5.19. The number of pyridine rings is 1. The van der Waals surface area contributed by atoms with Gasteiger partial charge in [-0.25, -0.2) is 4.98 Å². The smallest absolute Gasteiger partial charge is 0.133 e. The van der Waals surface area contributed by atoms with Gasteiger partial charge in [-0.15, -0.1) is 0 Å². The van der Waals surface area contributed by atoms with Crippen molar-refractivity contribution in [1.29, 1.82) is 0 Å². The van der Waals surface area contributed by atoms with Crippen LogP contribution in [0, 0.1) is 0 Å². The number of hydrogen-bond donors (Lipinski definition) is 2. The molecule has 0 bridgehead atoms. The number of aliphatic hydroxyl groups is 1. The van der Waals surface area contributed by atoms with E-state index in [2.05, 4.69) is 4.98 Å². The van der Waals surface area contributed by atoms with E-state index in [1.807, 2.05) is 18.7 Å². The number of hydrogen-bond acceptors (Lipinski definition) is 4. The van der Waals surface area contributed by atoms with Crippen LogP contribution in [0.1, 0.15) is 13.8 Å². The Balaban J connectivity index is 2.99. The third kappa shape index (κ3) is 3.25. The second-order valence-electron chi connectivity index (χ2n) is 3.59. The number of nitrogens with two attached hydrogens (primary N) is 1. The molecule has 15 heavy (non-hydrogen) atoms. The summed E-state index contributed by atoms with van der Waals surface area (Å²) in [6.07, 6.45) is 0. The molecule has 0 aliphatic rings. The molecular formula is C10H16ClN3O. The molecular weight excluding hydrogens is 214 g/mol. The number of rotatable bonds is 4. The van der Waals surface area contributed by atoms with Crippen molar-refractivity contribution in [2.75, 3.05) is 23.8 Å². The van der Waals surface area contributed by atoms with Crippen molar-refractivity contribution in [3.05, 3.63) is 17.3 Å². The van der Waals surface area contributed by atoms with E-state index in [1.165, 1.54) is 0 Å². The molecule has 1 aromatic heterocycles. The summed E-state index contributed by atoms with van der Waals surface area (Å²) in [6, 6.07) is 3.59. The highest BCUT2D eigenvalue weighted by molar-refractivity contribution is 6.29. The van der Waals surface area contributed by atoms with Crippen LogP contribution < -0.4 is 10.6 Å². The molecule has 0 unspecified atom stereocenters. The molecule has 0 amide bonds. The molecule has 84 valence electrons.